The molecule has 0 bridgehead atoms. The molecule has 0 aliphatic rings. The van der Waals surface area contributed by atoms with Gasteiger partial charge in [-0.15, -0.1) is 0 Å². The summed E-state index contributed by atoms with van der Waals surface area (Å²) in [5.74, 6) is 2.32. The lowest BCUT2D eigenvalue weighted by atomic mass is 10.2. The van der Waals surface area contributed by atoms with Crippen molar-refractivity contribution in [2.45, 2.75) is 0 Å². The van der Waals surface area contributed by atoms with E-state index in [0.29, 0.717) is 51.3 Å². The molecule has 0 amide bonds. The van der Waals surface area contributed by atoms with Gasteiger partial charge >= 0.3 is 0 Å². The second kappa shape index (κ2) is 12.4. The zero-order chi connectivity index (χ0) is 32.3. The molecule has 8 rings (SSSR count). The average Bonchev–Trinajstić information content (AvgIpc) is 3.69. The molecule has 6 heterocycles. The summed E-state index contributed by atoms with van der Waals surface area (Å²) in [7, 11) is 1.61. The molecular weight excluding hydrogens is 592 g/mol. The van der Waals surface area contributed by atoms with E-state index in [2.05, 4.69) is 15.0 Å². The molecule has 0 atom stereocenters. The van der Waals surface area contributed by atoms with Crippen LogP contribution in [0.5, 0.6) is 23.0 Å². The molecule has 47 heavy (non-hydrogen) atoms. The topological polar surface area (TPSA) is 130 Å². The summed E-state index contributed by atoms with van der Waals surface area (Å²) in [6.45, 7) is 0. The number of phenolic OH excluding ortho intramolecular Hbond substituents is 2. The van der Waals surface area contributed by atoms with Gasteiger partial charge in [0.15, 0.2) is 0 Å². The van der Waals surface area contributed by atoms with Crippen LogP contribution in [0.1, 0.15) is 0 Å². The van der Waals surface area contributed by atoms with E-state index in [1.807, 2.05) is 87.9 Å². The number of phenols is 2. The Hall–Kier alpha value is -6.68. The van der Waals surface area contributed by atoms with E-state index >= 15 is 0 Å². The van der Waals surface area contributed by atoms with Gasteiger partial charge in [0.25, 0.3) is 0 Å². The summed E-state index contributed by atoms with van der Waals surface area (Å²) in [6, 6.07) is 32.7. The van der Waals surface area contributed by atoms with Crippen LogP contribution in [0.4, 0.5) is 0 Å². The van der Waals surface area contributed by atoms with Crippen LogP contribution in [0.2, 0.25) is 0 Å². The predicted octanol–water partition coefficient (Wildman–Crippen LogP) is 7.25. The number of imidazole rings is 2. The van der Waals surface area contributed by atoms with Gasteiger partial charge in [-0.3, -0.25) is 18.8 Å². The molecule has 2 aromatic carbocycles. The second-order valence-electron chi connectivity index (χ2n) is 10.4. The molecule has 8 aromatic rings. The fourth-order valence-corrected chi connectivity index (χ4v) is 5.44. The highest BCUT2D eigenvalue weighted by Crippen LogP contribution is 2.37. The zero-order valence-corrected chi connectivity index (χ0v) is 25.1. The van der Waals surface area contributed by atoms with Crippen molar-refractivity contribution in [1.82, 2.24) is 28.7 Å². The van der Waals surface area contributed by atoms with Gasteiger partial charge in [-0.25, -0.2) is 9.97 Å². The number of benzene rings is 2. The number of para-hydroxylation sites is 2. The predicted molar refractivity (Wildman–Crippen MR) is 179 cm³/mol. The van der Waals surface area contributed by atoms with Crippen LogP contribution in [0.3, 0.4) is 0 Å². The number of pyridine rings is 4. The largest absolute Gasteiger partial charge is 0.507 e. The highest BCUT2D eigenvalue weighted by Gasteiger charge is 2.20. The van der Waals surface area contributed by atoms with Crippen molar-refractivity contribution in [3.05, 3.63) is 134 Å². The Kier molecular flexibility index (Phi) is 7.65. The van der Waals surface area contributed by atoms with Gasteiger partial charge in [0.1, 0.15) is 57.4 Å². The van der Waals surface area contributed by atoms with Crippen molar-refractivity contribution in [3.8, 4) is 68.5 Å². The molecule has 3 N–H and O–H groups in total. The van der Waals surface area contributed by atoms with Crippen molar-refractivity contribution in [1.29, 1.82) is 0 Å². The van der Waals surface area contributed by atoms with Gasteiger partial charge in [-0.2, -0.15) is 0 Å². The van der Waals surface area contributed by atoms with Gasteiger partial charge in [0.05, 0.1) is 29.3 Å². The first kappa shape index (κ1) is 29.1. The zero-order valence-electron chi connectivity index (χ0n) is 25.1. The minimum atomic E-state index is 0.0696. The van der Waals surface area contributed by atoms with E-state index in [4.69, 9.17) is 9.72 Å². The first-order chi connectivity index (χ1) is 23.0. The minimum absolute atomic E-state index is 0.0696. The quantitative estimate of drug-likeness (QED) is 0.183. The Morgan fingerprint density at radius 2 is 0.957 bits per heavy atom. The van der Waals surface area contributed by atoms with Crippen LogP contribution in [0.25, 0.3) is 56.6 Å². The molecule has 0 saturated carbocycles. The number of fused-ring (bicyclic) bond motifs is 2. The maximum absolute atomic E-state index is 10.2. The van der Waals surface area contributed by atoms with Crippen LogP contribution in [-0.4, -0.2) is 51.2 Å². The number of aromatic nitrogens is 6. The molecule has 10 heteroatoms. The molecule has 0 fully saturated rings. The van der Waals surface area contributed by atoms with E-state index in [-0.39, 0.29) is 17.2 Å². The van der Waals surface area contributed by atoms with Crippen molar-refractivity contribution < 1.29 is 20.1 Å². The third kappa shape index (κ3) is 5.33. The summed E-state index contributed by atoms with van der Waals surface area (Å²) in [4.78, 5) is 18.1. The van der Waals surface area contributed by atoms with Crippen LogP contribution < -0.4 is 4.74 Å². The van der Waals surface area contributed by atoms with Crippen molar-refractivity contribution in [2.24, 2.45) is 0 Å². The van der Waals surface area contributed by atoms with Gasteiger partial charge in [-0.05, 0) is 72.8 Å². The first-order valence-electron chi connectivity index (χ1n) is 14.7. The van der Waals surface area contributed by atoms with Gasteiger partial charge in [-0.1, -0.05) is 36.4 Å². The summed E-state index contributed by atoms with van der Waals surface area (Å²) in [5, 5.41) is 30.4. The molecule has 230 valence electrons. The minimum Gasteiger partial charge on any atom is -0.507 e. The molecule has 0 spiro atoms. The summed E-state index contributed by atoms with van der Waals surface area (Å²) < 4.78 is 9.24. The summed E-state index contributed by atoms with van der Waals surface area (Å²) in [5.41, 5.74) is 5.36. The average molecular weight is 621 g/mol. The van der Waals surface area contributed by atoms with Crippen LogP contribution in [0, 0.1) is 0 Å². The standard InChI is InChI=1S/C19H15N3O2.C18H13N3O2/c1-24-16-10-6-11-20-18(16)17-14-8-4-5-12-22(14)19(21-17)13-7-2-3-9-15(13)23;22-14-8-2-1-6-12(14)18-20-16(13-7-3-4-11-21(13)18)17-15(23)9-5-10-19-17/h2-12,23H,1H3;1-11,22-23H. The van der Waals surface area contributed by atoms with Crippen molar-refractivity contribution >= 4 is 11.0 Å². The van der Waals surface area contributed by atoms with Crippen LogP contribution in [-0.2, 0) is 0 Å². The molecule has 0 aliphatic heterocycles. The number of methoxy groups -OCH3 is 1. The normalized spacial score (nSPS) is 10.9. The van der Waals surface area contributed by atoms with E-state index in [9.17, 15) is 15.3 Å². The molecule has 0 aliphatic carbocycles. The second-order valence-corrected chi connectivity index (χ2v) is 10.4. The lowest BCUT2D eigenvalue weighted by Gasteiger charge is -2.04. The Balaban J connectivity index is 0.000000150. The number of hydrogen-bond acceptors (Lipinski definition) is 8. The van der Waals surface area contributed by atoms with E-state index < -0.39 is 0 Å². The van der Waals surface area contributed by atoms with Crippen LogP contribution in [0.15, 0.2) is 134 Å². The SMILES string of the molecule is COc1cccnc1-c1nc(-c2ccccc2O)n2ccccc12.Oc1ccccc1-c1nc(-c2ncccc2O)c2ccccn12. The fourth-order valence-electron chi connectivity index (χ4n) is 5.44. The Bertz CT molecular complexity index is 2280. The maximum atomic E-state index is 10.2. The molecule has 10 nitrogen and oxygen atoms in total. The lowest BCUT2D eigenvalue weighted by Crippen LogP contribution is -1.91. The number of aromatic hydroxyl groups is 3. The molecular formula is C37H28N6O4. The number of nitrogens with zero attached hydrogens (tertiary/aromatic N) is 6. The number of hydrogen-bond donors (Lipinski definition) is 3. The summed E-state index contributed by atoms with van der Waals surface area (Å²) in [6.07, 6.45) is 7.12. The molecule has 0 radical (unpaired) electrons. The maximum Gasteiger partial charge on any atom is 0.149 e. The third-order valence-electron chi connectivity index (χ3n) is 7.61. The third-order valence-corrected chi connectivity index (χ3v) is 7.61. The van der Waals surface area contributed by atoms with Crippen molar-refractivity contribution in [3.63, 3.8) is 0 Å². The van der Waals surface area contributed by atoms with Crippen LogP contribution >= 0.6 is 0 Å². The first-order valence-corrected chi connectivity index (χ1v) is 14.7. The Morgan fingerprint density at radius 3 is 1.49 bits per heavy atom. The smallest absolute Gasteiger partial charge is 0.149 e. The Morgan fingerprint density at radius 1 is 0.489 bits per heavy atom. The van der Waals surface area contributed by atoms with E-state index in [0.717, 1.165) is 11.0 Å². The number of ether oxygens (including phenoxy) is 1. The summed E-state index contributed by atoms with van der Waals surface area (Å²) >= 11 is 0. The van der Waals surface area contributed by atoms with Gasteiger partial charge in [0.2, 0.25) is 0 Å². The molecule has 0 saturated heterocycles. The molecule has 0 unspecified atom stereocenters. The monoisotopic (exact) mass is 620 g/mol. The number of rotatable bonds is 5. The van der Waals surface area contributed by atoms with E-state index in [1.165, 1.54) is 0 Å². The highest BCUT2D eigenvalue weighted by molar-refractivity contribution is 5.84. The molecule has 6 aromatic heterocycles. The van der Waals surface area contributed by atoms with Crippen molar-refractivity contribution in [2.75, 3.05) is 7.11 Å². The van der Waals surface area contributed by atoms with E-state index in [1.54, 1.807) is 62.0 Å². The highest BCUT2D eigenvalue weighted by atomic mass is 16.5. The van der Waals surface area contributed by atoms with Gasteiger partial charge in [0, 0.05) is 24.8 Å². The lowest BCUT2D eigenvalue weighted by molar-refractivity contribution is 0.414. The van der Waals surface area contributed by atoms with Gasteiger partial charge < -0.3 is 20.1 Å². The fraction of sp³-hybridized carbons (Fsp3) is 0.0270. The Labute approximate surface area is 269 Å².